The van der Waals surface area contributed by atoms with Gasteiger partial charge >= 0.3 is 0 Å². The topological polar surface area (TPSA) is 29.1 Å². The summed E-state index contributed by atoms with van der Waals surface area (Å²) in [6.45, 7) is 4.48. The molecule has 1 amide bonds. The third-order valence-corrected chi connectivity index (χ3v) is 5.11. The summed E-state index contributed by atoms with van der Waals surface area (Å²) in [5.41, 5.74) is 0.699. The van der Waals surface area contributed by atoms with Crippen molar-refractivity contribution in [1.82, 2.24) is 5.32 Å². The lowest BCUT2D eigenvalue weighted by Crippen LogP contribution is -2.37. The first-order chi connectivity index (χ1) is 8.49. The molecular formula is C14H17Br2NO. The van der Waals surface area contributed by atoms with Crippen molar-refractivity contribution < 1.29 is 4.79 Å². The highest BCUT2D eigenvalue weighted by atomic mass is 79.9. The van der Waals surface area contributed by atoms with Gasteiger partial charge in [0.2, 0.25) is 0 Å². The van der Waals surface area contributed by atoms with Crippen molar-refractivity contribution in [2.45, 2.75) is 32.7 Å². The lowest BCUT2D eigenvalue weighted by molar-refractivity contribution is 0.0926. The molecule has 3 unspecified atom stereocenters. The van der Waals surface area contributed by atoms with E-state index in [9.17, 15) is 4.79 Å². The van der Waals surface area contributed by atoms with Crippen LogP contribution in [0.1, 0.15) is 37.0 Å². The molecule has 1 saturated carbocycles. The second-order valence-corrected chi connectivity index (χ2v) is 6.89. The van der Waals surface area contributed by atoms with Crippen LogP contribution in [0.4, 0.5) is 0 Å². The Morgan fingerprint density at radius 1 is 1.28 bits per heavy atom. The molecular weight excluding hydrogens is 358 g/mol. The van der Waals surface area contributed by atoms with Crippen molar-refractivity contribution in [2.75, 3.05) is 0 Å². The summed E-state index contributed by atoms with van der Waals surface area (Å²) in [7, 11) is 0. The van der Waals surface area contributed by atoms with Gasteiger partial charge in [0.05, 0.1) is 5.56 Å². The van der Waals surface area contributed by atoms with Gasteiger partial charge in [-0.05, 0) is 58.8 Å². The van der Waals surface area contributed by atoms with Gasteiger partial charge < -0.3 is 5.32 Å². The Kier molecular flexibility index (Phi) is 4.49. The van der Waals surface area contributed by atoms with Gasteiger partial charge in [-0.3, -0.25) is 4.79 Å². The zero-order chi connectivity index (χ0) is 13.3. The summed E-state index contributed by atoms with van der Waals surface area (Å²) < 4.78 is 1.79. The molecule has 2 nitrogen and oxygen atoms in total. The predicted octanol–water partition coefficient (Wildman–Crippen LogP) is 4.38. The van der Waals surface area contributed by atoms with E-state index >= 15 is 0 Å². The highest BCUT2D eigenvalue weighted by Crippen LogP contribution is 2.31. The molecule has 0 saturated heterocycles. The second kappa shape index (κ2) is 5.74. The number of amides is 1. The fourth-order valence-corrected chi connectivity index (χ4v) is 3.72. The van der Waals surface area contributed by atoms with Crippen molar-refractivity contribution in [3.05, 3.63) is 32.7 Å². The van der Waals surface area contributed by atoms with Crippen LogP contribution in [0.5, 0.6) is 0 Å². The van der Waals surface area contributed by atoms with Gasteiger partial charge in [0, 0.05) is 15.0 Å². The number of carbonyl (C=O) groups excluding carboxylic acids is 1. The van der Waals surface area contributed by atoms with E-state index in [1.165, 1.54) is 6.42 Å². The Bertz CT molecular complexity index is 461. The Morgan fingerprint density at radius 2 is 2.00 bits per heavy atom. The highest BCUT2D eigenvalue weighted by molar-refractivity contribution is 9.11. The fraction of sp³-hybridized carbons (Fsp3) is 0.500. The Labute approximate surface area is 125 Å². The van der Waals surface area contributed by atoms with Gasteiger partial charge in [-0.15, -0.1) is 0 Å². The van der Waals surface area contributed by atoms with Crippen LogP contribution < -0.4 is 5.32 Å². The van der Waals surface area contributed by atoms with Gasteiger partial charge in [0.1, 0.15) is 0 Å². The van der Waals surface area contributed by atoms with Crippen LogP contribution in [0.3, 0.4) is 0 Å². The van der Waals surface area contributed by atoms with Crippen LogP contribution in [-0.4, -0.2) is 11.9 Å². The summed E-state index contributed by atoms with van der Waals surface area (Å²) in [6, 6.07) is 5.94. The standard InChI is InChI=1S/C14H17Br2NO/c1-8-3-6-13(9(8)2)17-14(18)11-5-4-10(15)7-12(11)16/h4-5,7-9,13H,3,6H2,1-2H3,(H,17,18). The fourth-order valence-electron chi connectivity index (χ4n) is 2.49. The summed E-state index contributed by atoms with van der Waals surface area (Å²) in [5.74, 6) is 1.27. The maximum atomic E-state index is 12.2. The van der Waals surface area contributed by atoms with Gasteiger partial charge in [-0.1, -0.05) is 29.8 Å². The smallest absolute Gasteiger partial charge is 0.252 e. The quantitative estimate of drug-likeness (QED) is 0.817. The number of carbonyl (C=O) groups is 1. The molecule has 1 aliphatic rings. The van der Waals surface area contributed by atoms with E-state index in [1.54, 1.807) is 0 Å². The van der Waals surface area contributed by atoms with Crippen LogP contribution in [0.25, 0.3) is 0 Å². The normalized spacial score (nSPS) is 27.2. The van der Waals surface area contributed by atoms with Gasteiger partial charge in [-0.2, -0.15) is 0 Å². The molecule has 0 aliphatic heterocycles. The molecule has 0 spiro atoms. The van der Waals surface area contributed by atoms with Crippen LogP contribution in [0.15, 0.2) is 27.1 Å². The lowest BCUT2D eigenvalue weighted by atomic mass is 9.97. The zero-order valence-corrected chi connectivity index (χ0v) is 13.7. The molecule has 3 atom stereocenters. The Hall–Kier alpha value is -0.350. The van der Waals surface area contributed by atoms with E-state index in [1.807, 2.05) is 18.2 Å². The number of hydrogen-bond donors (Lipinski definition) is 1. The summed E-state index contributed by atoms with van der Waals surface area (Å²) in [4.78, 5) is 12.2. The summed E-state index contributed by atoms with van der Waals surface area (Å²) in [5, 5.41) is 3.15. The van der Waals surface area contributed by atoms with E-state index in [0.717, 1.165) is 15.4 Å². The number of rotatable bonds is 2. The van der Waals surface area contributed by atoms with Crippen LogP contribution in [0.2, 0.25) is 0 Å². The lowest BCUT2D eigenvalue weighted by Gasteiger charge is -2.20. The molecule has 1 N–H and O–H groups in total. The molecule has 18 heavy (non-hydrogen) atoms. The first-order valence-corrected chi connectivity index (χ1v) is 7.83. The predicted molar refractivity (Wildman–Crippen MR) is 80.7 cm³/mol. The number of benzene rings is 1. The minimum absolute atomic E-state index is 0.0142. The first-order valence-electron chi connectivity index (χ1n) is 6.25. The molecule has 1 aliphatic carbocycles. The van der Waals surface area contributed by atoms with E-state index in [4.69, 9.17) is 0 Å². The monoisotopic (exact) mass is 373 g/mol. The maximum Gasteiger partial charge on any atom is 0.252 e. The Morgan fingerprint density at radius 3 is 2.56 bits per heavy atom. The minimum atomic E-state index is 0.0142. The molecule has 98 valence electrons. The second-order valence-electron chi connectivity index (χ2n) is 5.12. The molecule has 2 rings (SSSR count). The maximum absolute atomic E-state index is 12.2. The Balaban J connectivity index is 2.08. The van der Waals surface area contributed by atoms with Crippen LogP contribution in [0, 0.1) is 11.8 Å². The minimum Gasteiger partial charge on any atom is -0.349 e. The number of halogens is 2. The first kappa shape index (κ1) is 14.1. The summed E-state index contributed by atoms with van der Waals surface area (Å²) >= 11 is 6.82. The number of hydrogen-bond acceptors (Lipinski definition) is 1. The molecule has 0 bridgehead atoms. The van der Waals surface area contributed by atoms with Crippen molar-refractivity contribution in [3.8, 4) is 0 Å². The van der Waals surface area contributed by atoms with Crippen LogP contribution >= 0.6 is 31.9 Å². The molecule has 1 fully saturated rings. The van der Waals surface area contributed by atoms with E-state index in [-0.39, 0.29) is 5.91 Å². The van der Waals surface area contributed by atoms with Crippen molar-refractivity contribution in [1.29, 1.82) is 0 Å². The summed E-state index contributed by atoms with van der Waals surface area (Å²) in [6.07, 6.45) is 2.29. The van der Waals surface area contributed by atoms with Gasteiger partial charge in [-0.25, -0.2) is 0 Å². The van der Waals surface area contributed by atoms with E-state index in [0.29, 0.717) is 23.4 Å². The largest absolute Gasteiger partial charge is 0.349 e. The molecule has 0 radical (unpaired) electrons. The third kappa shape index (κ3) is 2.97. The van der Waals surface area contributed by atoms with Crippen LogP contribution in [-0.2, 0) is 0 Å². The van der Waals surface area contributed by atoms with Gasteiger partial charge in [0.25, 0.3) is 5.91 Å². The third-order valence-electron chi connectivity index (χ3n) is 3.96. The molecule has 0 heterocycles. The van der Waals surface area contributed by atoms with E-state index in [2.05, 4.69) is 51.0 Å². The molecule has 1 aromatic carbocycles. The van der Waals surface area contributed by atoms with Crippen molar-refractivity contribution in [3.63, 3.8) is 0 Å². The average molecular weight is 375 g/mol. The molecule has 0 aromatic heterocycles. The average Bonchev–Trinajstić information content (AvgIpc) is 2.61. The van der Waals surface area contributed by atoms with Crippen molar-refractivity contribution in [2.24, 2.45) is 11.8 Å². The van der Waals surface area contributed by atoms with Gasteiger partial charge in [0.15, 0.2) is 0 Å². The molecule has 1 aromatic rings. The molecule has 4 heteroatoms. The SMILES string of the molecule is CC1CCC(NC(=O)c2ccc(Br)cc2Br)C1C. The van der Waals surface area contributed by atoms with Crippen molar-refractivity contribution >= 4 is 37.8 Å². The van der Waals surface area contributed by atoms with E-state index < -0.39 is 0 Å². The number of nitrogens with one attached hydrogen (secondary N) is 1. The highest BCUT2D eigenvalue weighted by Gasteiger charge is 2.31. The zero-order valence-electron chi connectivity index (χ0n) is 10.5.